The Labute approximate surface area is 209 Å². The Balaban J connectivity index is 1.51. The molecule has 8 heteroatoms. The summed E-state index contributed by atoms with van der Waals surface area (Å²) in [5.41, 5.74) is 3.94. The van der Waals surface area contributed by atoms with Crippen LogP contribution in [0.3, 0.4) is 0 Å². The summed E-state index contributed by atoms with van der Waals surface area (Å²) in [7, 11) is 0. The summed E-state index contributed by atoms with van der Waals surface area (Å²) in [5.74, 6) is 6.33. The van der Waals surface area contributed by atoms with Crippen molar-refractivity contribution in [1.29, 1.82) is 0 Å². The fraction of sp³-hybridized carbons (Fsp3) is 0.250. The second-order valence-electron chi connectivity index (χ2n) is 8.72. The first-order valence-corrected chi connectivity index (χ1v) is 12.0. The van der Waals surface area contributed by atoms with Crippen molar-refractivity contribution in [2.24, 2.45) is 0 Å². The zero-order valence-electron chi connectivity index (χ0n) is 20.2. The number of hydrogen-bond acceptors (Lipinski definition) is 5. The van der Waals surface area contributed by atoms with Crippen molar-refractivity contribution in [3.63, 3.8) is 0 Å². The molecular formula is C28H26N6O2. The monoisotopic (exact) mass is 478 g/mol. The van der Waals surface area contributed by atoms with Gasteiger partial charge in [-0.1, -0.05) is 24.1 Å². The van der Waals surface area contributed by atoms with Crippen LogP contribution in [0.15, 0.2) is 61.1 Å². The average Bonchev–Trinajstić information content (AvgIpc) is 3.30. The standard InChI is InChI=1S/C28H26N6O2/c1-3-8-25(35)33-16-7-5-9-22(33)27-32-26(23-18-29-17-19(2)34(23)27)20-11-13-21(14-12-20)28(36)31-24-10-4-6-15-30-24/h4,6,10-15,17-18,22H,5,7,9,16H2,1-2H3,(H,30,31,36)/t22-/m0/s1. The number of benzene rings is 1. The van der Waals surface area contributed by atoms with E-state index < -0.39 is 0 Å². The van der Waals surface area contributed by atoms with Crippen LogP contribution in [-0.4, -0.2) is 42.6 Å². The lowest BCUT2D eigenvalue weighted by atomic mass is 10.0. The van der Waals surface area contributed by atoms with E-state index in [1.807, 2.05) is 30.0 Å². The number of aromatic nitrogens is 4. The maximum atomic E-state index is 12.8. The number of nitrogens with zero attached hydrogens (tertiary/aromatic N) is 5. The Morgan fingerprint density at radius 1 is 1.08 bits per heavy atom. The van der Waals surface area contributed by atoms with Gasteiger partial charge in [-0.05, 0) is 63.3 Å². The van der Waals surface area contributed by atoms with Gasteiger partial charge in [-0.25, -0.2) is 9.97 Å². The van der Waals surface area contributed by atoms with Gasteiger partial charge in [0.05, 0.1) is 23.4 Å². The van der Waals surface area contributed by atoms with Crippen LogP contribution < -0.4 is 5.32 Å². The summed E-state index contributed by atoms with van der Waals surface area (Å²) in [6.07, 6.45) is 8.01. The highest BCUT2D eigenvalue weighted by atomic mass is 16.2. The number of carbonyl (C=O) groups is 2. The first-order chi connectivity index (χ1) is 17.6. The van der Waals surface area contributed by atoms with Gasteiger partial charge in [0.15, 0.2) is 0 Å². The Morgan fingerprint density at radius 3 is 2.67 bits per heavy atom. The molecule has 36 heavy (non-hydrogen) atoms. The molecule has 1 N–H and O–H groups in total. The quantitative estimate of drug-likeness (QED) is 0.438. The van der Waals surface area contributed by atoms with Gasteiger partial charge in [0, 0.05) is 35.8 Å². The smallest absolute Gasteiger partial charge is 0.299 e. The van der Waals surface area contributed by atoms with Gasteiger partial charge < -0.3 is 10.2 Å². The molecule has 1 aliphatic heterocycles. The minimum absolute atomic E-state index is 0.169. The predicted octanol–water partition coefficient (Wildman–Crippen LogP) is 4.43. The number of fused-ring (bicyclic) bond motifs is 1. The summed E-state index contributed by atoms with van der Waals surface area (Å²) in [4.78, 5) is 40.9. The van der Waals surface area contributed by atoms with Gasteiger partial charge in [0.2, 0.25) is 0 Å². The lowest BCUT2D eigenvalue weighted by molar-refractivity contribution is -0.129. The van der Waals surface area contributed by atoms with Crippen molar-refractivity contribution in [3.05, 3.63) is 78.1 Å². The van der Waals surface area contributed by atoms with Crippen LogP contribution in [0.25, 0.3) is 16.8 Å². The number of piperidine rings is 1. The minimum atomic E-state index is -0.235. The van der Waals surface area contributed by atoms with Crippen LogP contribution in [0.4, 0.5) is 5.82 Å². The van der Waals surface area contributed by atoms with Gasteiger partial charge in [0.25, 0.3) is 11.8 Å². The topological polar surface area (TPSA) is 92.5 Å². The number of nitrogens with one attached hydrogen (secondary N) is 1. The van der Waals surface area contributed by atoms with E-state index in [1.54, 1.807) is 49.8 Å². The molecule has 0 unspecified atom stereocenters. The third-order valence-corrected chi connectivity index (χ3v) is 6.37. The van der Waals surface area contributed by atoms with Crippen LogP contribution in [-0.2, 0) is 4.79 Å². The molecule has 2 amide bonds. The molecule has 0 bridgehead atoms. The van der Waals surface area contributed by atoms with Crippen LogP contribution >= 0.6 is 0 Å². The molecule has 0 radical (unpaired) electrons. The lowest BCUT2D eigenvalue weighted by Gasteiger charge is -2.33. The maximum absolute atomic E-state index is 12.8. The van der Waals surface area contributed by atoms with Crippen molar-refractivity contribution in [1.82, 2.24) is 24.3 Å². The van der Waals surface area contributed by atoms with Gasteiger partial charge in [-0.3, -0.25) is 19.0 Å². The molecule has 1 fully saturated rings. The minimum Gasteiger partial charge on any atom is -0.322 e. The summed E-state index contributed by atoms with van der Waals surface area (Å²) in [5, 5.41) is 2.80. The second kappa shape index (κ2) is 10.0. The van der Waals surface area contributed by atoms with E-state index in [4.69, 9.17) is 4.98 Å². The number of carbonyl (C=O) groups excluding carboxylic acids is 2. The highest BCUT2D eigenvalue weighted by Crippen LogP contribution is 2.35. The number of amides is 2. The molecule has 5 rings (SSSR count). The second-order valence-corrected chi connectivity index (χ2v) is 8.72. The molecule has 1 aliphatic rings. The number of imidazole rings is 1. The van der Waals surface area contributed by atoms with Crippen molar-refractivity contribution in [2.75, 3.05) is 11.9 Å². The molecule has 8 nitrogen and oxygen atoms in total. The predicted molar refractivity (Wildman–Crippen MR) is 137 cm³/mol. The van der Waals surface area contributed by atoms with Crippen molar-refractivity contribution in [3.8, 4) is 23.1 Å². The number of aryl methyl sites for hydroxylation is 1. The number of rotatable bonds is 4. The first-order valence-electron chi connectivity index (χ1n) is 12.0. The Kier molecular flexibility index (Phi) is 6.46. The van der Waals surface area contributed by atoms with Gasteiger partial charge in [-0.15, -0.1) is 0 Å². The highest BCUT2D eigenvalue weighted by Gasteiger charge is 2.32. The highest BCUT2D eigenvalue weighted by molar-refractivity contribution is 6.04. The van der Waals surface area contributed by atoms with Crippen molar-refractivity contribution >= 4 is 23.1 Å². The molecule has 1 atom stereocenters. The summed E-state index contributed by atoms with van der Waals surface area (Å²) >= 11 is 0. The summed E-state index contributed by atoms with van der Waals surface area (Å²) < 4.78 is 2.08. The third kappa shape index (κ3) is 4.43. The normalized spacial score (nSPS) is 15.3. The molecule has 1 aromatic carbocycles. The maximum Gasteiger partial charge on any atom is 0.299 e. The van der Waals surface area contributed by atoms with Crippen molar-refractivity contribution in [2.45, 2.75) is 39.2 Å². The van der Waals surface area contributed by atoms with E-state index in [9.17, 15) is 9.59 Å². The van der Waals surface area contributed by atoms with Crippen LogP contribution in [0, 0.1) is 18.8 Å². The molecule has 180 valence electrons. The fourth-order valence-corrected chi connectivity index (χ4v) is 4.68. The Hall–Kier alpha value is -4.51. The molecular weight excluding hydrogens is 452 g/mol. The van der Waals surface area contributed by atoms with Crippen LogP contribution in [0.2, 0.25) is 0 Å². The van der Waals surface area contributed by atoms with Crippen LogP contribution in [0.1, 0.15) is 54.1 Å². The Morgan fingerprint density at radius 2 is 1.92 bits per heavy atom. The molecule has 0 spiro atoms. The lowest BCUT2D eigenvalue weighted by Crippen LogP contribution is -2.38. The van der Waals surface area contributed by atoms with E-state index >= 15 is 0 Å². The fourth-order valence-electron chi connectivity index (χ4n) is 4.68. The molecule has 4 heterocycles. The van der Waals surface area contributed by atoms with Gasteiger partial charge in [0.1, 0.15) is 11.6 Å². The molecule has 4 aromatic rings. The molecule has 1 saturated heterocycles. The summed E-state index contributed by atoms with van der Waals surface area (Å²) in [6, 6.07) is 12.5. The SMILES string of the molecule is CC#CC(=O)N1CCCC[C@H]1c1nc(-c2ccc(C(=O)Nc3ccccn3)cc2)c2cncc(C)n12. The average molecular weight is 479 g/mol. The van der Waals surface area contributed by atoms with E-state index in [-0.39, 0.29) is 17.9 Å². The van der Waals surface area contributed by atoms with E-state index in [0.29, 0.717) is 17.9 Å². The van der Waals surface area contributed by atoms with Gasteiger partial charge >= 0.3 is 0 Å². The van der Waals surface area contributed by atoms with Gasteiger partial charge in [-0.2, -0.15) is 0 Å². The zero-order chi connectivity index (χ0) is 25.1. The molecule has 3 aromatic heterocycles. The van der Waals surface area contributed by atoms with E-state index in [1.165, 1.54) is 0 Å². The van der Waals surface area contributed by atoms with Crippen LogP contribution in [0.5, 0.6) is 0 Å². The summed E-state index contributed by atoms with van der Waals surface area (Å²) in [6.45, 7) is 4.32. The number of anilines is 1. The third-order valence-electron chi connectivity index (χ3n) is 6.37. The first kappa shape index (κ1) is 23.2. The van der Waals surface area contributed by atoms with E-state index in [0.717, 1.165) is 47.6 Å². The number of likely N-dealkylation sites (tertiary alicyclic amines) is 1. The zero-order valence-corrected chi connectivity index (χ0v) is 20.2. The Bertz CT molecular complexity index is 1480. The number of pyridine rings is 1. The van der Waals surface area contributed by atoms with Crippen molar-refractivity contribution < 1.29 is 9.59 Å². The number of hydrogen-bond donors (Lipinski definition) is 1. The molecule has 0 aliphatic carbocycles. The largest absolute Gasteiger partial charge is 0.322 e. The molecule has 0 saturated carbocycles. The van der Waals surface area contributed by atoms with E-state index in [2.05, 4.69) is 31.5 Å².